The molecule has 0 bridgehead atoms. The fraction of sp³-hybridized carbons (Fsp3) is 0. The number of H-pyrrole nitrogens is 1. The molecule has 0 saturated heterocycles. The SMILES string of the molecule is O=C(O)C=Cc1cccc2[nH]ccc12. The summed E-state index contributed by atoms with van der Waals surface area (Å²) >= 11 is 0. The van der Waals surface area contributed by atoms with Gasteiger partial charge in [-0.2, -0.15) is 0 Å². The summed E-state index contributed by atoms with van der Waals surface area (Å²) in [5.41, 5.74) is 1.92. The number of aromatic amines is 1. The predicted molar refractivity (Wildman–Crippen MR) is 55.0 cm³/mol. The average molecular weight is 187 g/mol. The van der Waals surface area contributed by atoms with Gasteiger partial charge in [-0.25, -0.2) is 4.79 Å². The van der Waals surface area contributed by atoms with Gasteiger partial charge in [-0.1, -0.05) is 12.1 Å². The van der Waals surface area contributed by atoms with E-state index in [1.165, 1.54) is 0 Å². The first-order chi connectivity index (χ1) is 6.77. The molecule has 1 heterocycles. The van der Waals surface area contributed by atoms with E-state index >= 15 is 0 Å². The lowest BCUT2D eigenvalue weighted by atomic mass is 10.1. The van der Waals surface area contributed by atoms with Gasteiger partial charge in [0.2, 0.25) is 0 Å². The van der Waals surface area contributed by atoms with E-state index < -0.39 is 5.97 Å². The molecule has 0 atom stereocenters. The third-order valence-corrected chi connectivity index (χ3v) is 2.03. The van der Waals surface area contributed by atoms with Crippen molar-refractivity contribution in [3.63, 3.8) is 0 Å². The minimum Gasteiger partial charge on any atom is -0.478 e. The first-order valence-electron chi connectivity index (χ1n) is 4.24. The molecule has 3 heteroatoms. The summed E-state index contributed by atoms with van der Waals surface area (Å²) in [7, 11) is 0. The highest BCUT2D eigenvalue weighted by Crippen LogP contribution is 2.18. The molecule has 0 saturated carbocycles. The number of hydrogen-bond donors (Lipinski definition) is 2. The highest BCUT2D eigenvalue weighted by atomic mass is 16.4. The molecule has 14 heavy (non-hydrogen) atoms. The fourth-order valence-corrected chi connectivity index (χ4v) is 1.42. The van der Waals surface area contributed by atoms with Gasteiger partial charge in [0, 0.05) is 23.2 Å². The molecule has 2 rings (SSSR count). The summed E-state index contributed by atoms with van der Waals surface area (Å²) in [5, 5.41) is 9.54. The lowest BCUT2D eigenvalue weighted by Gasteiger charge is -1.95. The number of rotatable bonds is 2. The Morgan fingerprint density at radius 2 is 2.21 bits per heavy atom. The second kappa shape index (κ2) is 3.38. The smallest absolute Gasteiger partial charge is 0.328 e. The predicted octanol–water partition coefficient (Wildman–Crippen LogP) is 2.27. The lowest BCUT2D eigenvalue weighted by Crippen LogP contribution is -1.85. The van der Waals surface area contributed by atoms with Crippen LogP contribution in [0.15, 0.2) is 36.5 Å². The van der Waals surface area contributed by atoms with E-state index in [1.807, 2.05) is 30.5 Å². The second-order valence-electron chi connectivity index (χ2n) is 2.96. The number of aromatic nitrogens is 1. The van der Waals surface area contributed by atoms with Crippen molar-refractivity contribution in [1.29, 1.82) is 0 Å². The summed E-state index contributed by atoms with van der Waals surface area (Å²) in [4.78, 5) is 13.4. The van der Waals surface area contributed by atoms with Crippen LogP contribution in [0.5, 0.6) is 0 Å². The van der Waals surface area contributed by atoms with Gasteiger partial charge in [-0.3, -0.25) is 0 Å². The Balaban J connectivity index is 2.51. The van der Waals surface area contributed by atoms with Crippen LogP contribution in [-0.4, -0.2) is 16.1 Å². The van der Waals surface area contributed by atoms with Gasteiger partial charge in [0.05, 0.1) is 0 Å². The first kappa shape index (κ1) is 8.56. The maximum absolute atomic E-state index is 10.4. The number of nitrogens with one attached hydrogen (secondary N) is 1. The maximum atomic E-state index is 10.4. The molecule has 3 nitrogen and oxygen atoms in total. The monoisotopic (exact) mass is 187 g/mol. The molecular formula is C11H9NO2. The Bertz CT molecular complexity index is 497. The van der Waals surface area contributed by atoms with Gasteiger partial charge in [-0.15, -0.1) is 0 Å². The largest absolute Gasteiger partial charge is 0.478 e. The van der Waals surface area contributed by atoms with Crippen molar-refractivity contribution < 1.29 is 9.90 Å². The fourth-order valence-electron chi connectivity index (χ4n) is 1.42. The zero-order valence-electron chi connectivity index (χ0n) is 7.40. The lowest BCUT2D eigenvalue weighted by molar-refractivity contribution is -0.131. The van der Waals surface area contributed by atoms with Gasteiger partial charge >= 0.3 is 5.97 Å². The Morgan fingerprint density at radius 3 is 3.00 bits per heavy atom. The number of benzene rings is 1. The number of carbonyl (C=O) groups is 1. The summed E-state index contributed by atoms with van der Waals surface area (Å²) in [6.07, 6.45) is 4.57. The molecule has 1 aromatic heterocycles. The van der Waals surface area contributed by atoms with Crippen LogP contribution in [0.1, 0.15) is 5.56 Å². The zero-order valence-corrected chi connectivity index (χ0v) is 7.40. The number of aliphatic carboxylic acids is 1. The number of fused-ring (bicyclic) bond motifs is 1. The molecule has 70 valence electrons. The zero-order chi connectivity index (χ0) is 9.97. The average Bonchev–Trinajstić information content (AvgIpc) is 2.62. The van der Waals surface area contributed by atoms with Crippen molar-refractivity contribution in [2.75, 3.05) is 0 Å². The molecule has 2 N–H and O–H groups in total. The summed E-state index contributed by atoms with van der Waals surface area (Å²) in [5.74, 6) is -0.933. The van der Waals surface area contributed by atoms with Gasteiger partial charge in [0.25, 0.3) is 0 Å². The Hall–Kier alpha value is -2.03. The second-order valence-corrected chi connectivity index (χ2v) is 2.96. The van der Waals surface area contributed by atoms with Crippen LogP contribution in [0.3, 0.4) is 0 Å². The molecule has 0 aliphatic rings. The van der Waals surface area contributed by atoms with Crippen LogP contribution < -0.4 is 0 Å². The molecule has 1 aromatic carbocycles. The summed E-state index contributed by atoms with van der Waals surface area (Å²) in [6.45, 7) is 0. The van der Waals surface area contributed by atoms with Crippen LogP contribution in [-0.2, 0) is 4.79 Å². The Morgan fingerprint density at radius 1 is 1.36 bits per heavy atom. The van der Waals surface area contributed by atoms with E-state index in [0.29, 0.717) is 0 Å². The number of carboxylic acids is 1. The molecule has 0 fully saturated rings. The number of carboxylic acid groups (broad SMARTS) is 1. The molecule has 0 unspecified atom stereocenters. The highest BCUT2D eigenvalue weighted by molar-refractivity contribution is 5.93. The third-order valence-electron chi connectivity index (χ3n) is 2.03. The maximum Gasteiger partial charge on any atom is 0.328 e. The van der Waals surface area contributed by atoms with E-state index in [4.69, 9.17) is 5.11 Å². The van der Waals surface area contributed by atoms with E-state index in [9.17, 15) is 4.79 Å². The van der Waals surface area contributed by atoms with E-state index in [2.05, 4.69) is 4.98 Å². The van der Waals surface area contributed by atoms with E-state index in [-0.39, 0.29) is 0 Å². The van der Waals surface area contributed by atoms with Gasteiger partial charge in [0.1, 0.15) is 0 Å². The van der Waals surface area contributed by atoms with Crippen molar-refractivity contribution in [3.05, 3.63) is 42.1 Å². The standard InChI is InChI=1S/C11H9NO2/c13-11(14)5-4-8-2-1-3-10-9(8)6-7-12-10/h1-7,12H,(H,13,14). The van der Waals surface area contributed by atoms with E-state index in [1.54, 1.807) is 6.08 Å². The molecule has 0 aliphatic heterocycles. The molecular weight excluding hydrogens is 178 g/mol. The number of hydrogen-bond acceptors (Lipinski definition) is 1. The van der Waals surface area contributed by atoms with Crippen LogP contribution in [0.25, 0.3) is 17.0 Å². The van der Waals surface area contributed by atoms with Crippen molar-refractivity contribution in [1.82, 2.24) is 4.98 Å². The normalized spacial score (nSPS) is 11.1. The van der Waals surface area contributed by atoms with Crippen molar-refractivity contribution >= 4 is 22.9 Å². The Kier molecular flexibility index (Phi) is 2.07. The minimum absolute atomic E-state index is 0.908. The van der Waals surface area contributed by atoms with Gasteiger partial charge < -0.3 is 10.1 Å². The quantitative estimate of drug-likeness (QED) is 0.708. The topological polar surface area (TPSA) is 53.1 Å². The van der Waals surface area contributed by atoms with Crippen LogP contribution >= 0.6 is 0 Å². The summed E-state index contributed by atoms with van der Waals surface area (Å²) in [6, 6.07) is 7.65. The van der Waals surface area contributed by atoms with E-state index in [0.717, 1.165) is 22.5 Å². The summed E-state index contributed by atoms with van der Waals surface area (Å²) < 4.78 is 0. The first-order valence-corrected chi connectivity index (χ1v) is 4.24. The molecule has 2 aromatic rings. The van der Waals surface area contributed by atoms with Crippen LogP contribution in [0, 0.1) is 0 Å². The minimum atomic E-state index is -0.933. The molecule has 0 radical (unpaired) electrons. The van der Waals surface area contributed by atoms with Crippen molar-refractivity contribution in [2.24, 2.45) is 0 Å². The van der Waals surface area contributed by atoms with Gasteiger partial charge in [0.15, 0.2) is 0 Å². The van der Waals surface area contributed by atoms with Crippen LogP contribution in [0.2, 0.25) is 0 Å². The molecule has 0 aliphatic carbocycles. The van der Waals surface area contributed by atoms with Crippen molar-refractivity contribution in [2.45, 2.75) is 0 Å². The molecule has 0 amide bonds. The van der Waals surface area contributed by atoms with Crippen LogP contribution in [0.4, 0.5) is 0 Å². The molecule has 0 spiro atoms. The highest BCUT2D eigenvalue weighted by Gasteiger charge is 1.97. The van der Waals surface area contributed by atoms with Gasteiger partial charge in [-0.05, 0) is 23.8 Å². The van der Waals surface area contributed by atoms with Crippen molar-refractivity contribution in [3.8, 4) is 0 Å². The third kappa shape index (κ3) is 1.52. The Labute approximate surface area is 80.7 Å².